The zero-order chi connectivity index (χ0) is 15.7. The molecule has 3 fully saturated rings. The molecule has 120 valence electrons. The first-order chi connectivity index (χ1) is 10.4. The van der Waals surface area contributed by atoms with Crippen LogP contribution in [0.15, 0.2) is 11.6 Å². The minimum absolute atomic E-state index is 0.0363. The molecule has 0 amide bonds. The van der Waals surface area contributed by atoms with E-state index in [9.17, 15) is 14.7 Å². The maximum atomic E-state index is 12.9. The van der Waals surface area contributed by atoms with Gasteiger partial charge in [-0.2, -0.15) is 0 Å². The number of carbonyl (C=O) groups excluding carboxylic acids is 2. The highest BCUT2D eigenvalue weighted by Gasteiger charge is 2.60. The van der Waals surface area contributed by atoms with E-state index in [1.807, 2.05) is 6.08 Å². The first-order valence-corrected chi connectivity index (χ1v) is 8.82. The van der Waals surface area contributed by atoms with Crippen molar-refractivity contribution < 1.29 is 14.7 Å². The summed E-state index contributed by atoms with van der Waals surface area (Å²) in [5, 5.41) is 9.97. The highest BCUT2D eigenvalue weighted by Crippen LogP contribution is 2.63. The van der Waals surface area contributed by atoms with E-state index >= 15 is 0 Å². The lowest BCUT2D eigenvalue weighted by Gasteiger charge is -2.55. The molecule has 0 radical (unpaired) electrons. The topological polar surface area (TPSA) is 54.4 Å². The normalized spacial score (nSPS) is 51.0. The lowest BCUT2D eigenvalue weighted by Crippen LogP contribution is -2.53. The van der Waals surface area contributed by atoms with Gasteiger partial charge in [0.1, 0.15) is 5.78 Å². The van der Waals surface area contributed by atoms with Crippen LogP contribution < -0.4 is 0 Å². The van der Waals surface area contributed by atoms with Crippen molar-refractivity contribution in [2.45, 2.75) is 64.9 Å². The molecule has 1 N–H and O–H groups in total. The molecule has 4 aliphatic carbocycles. The Hall–Kier alpha value is -0.960. The predicted octanol–water partition coefficient (Wildman–Crippen LogP) is 3.06. The number of fused-ring (bicyclic) bond motifs is 5. The van der Waals surface area contributed by atoms with E-state index in [2.05, 4.69) is 13.8 Å². The minimum atomic E-state index is -0.286. The zero-order valence-corrected chi connectivity index (χ0v) is 13.6. The molecule has 0 heterocycles. The van der Waals surface area contributed by atoms with E-state index in [1.54, 1.807) is 0 Å². The van der Waals surface area contributed by atoms with Crippen molar-refractivity contribution in [3.8, 4) is 0 Å². The Bertz CT molecular complexity index is 577. The monoisotopic (exact) mass is 302 g/mol. The van der Waals surface area contributed by atoms with Crippen LogP contribution in [-0.4, -0.2) is 22.8 Å². The second-order valence-electron chi connectivity index (χ2n) is 8.54. The van der Waals surface area contributed by atoms with E-state index < -0.39 is 0 Å². The first kappa shape index (κ1) is 14.6. The number of hydrogen-bond donors (Lipinski definition) is 1. The number of aliphatic hydroxyl groups is 1. The Morgan fingerprint density at radius 3 is 2.50 bits per heavy atom. The van der Waals surface area contributed by atoms with Crippen LogP contribution in [0.2, 0.25) is 0 Å². The van der Waals surface area contributed by atoms with Gasteiger partial charge < -0.3 is 5.11 Å². The number of aliphatic hydroxyl groups excluding tert-OH is 1. The molecule has 0 bridgehead atoms. The fourth-order valence-electron chi connectivity index (χ4n) is 6.16. The highest BCUT2D eigenvalue weighted by atomic mass is 16.3. The predicted molar refractivity (Wildman–Crippen MR) is 83.1 cm³/mol. The van der Waals surface area contributed by atoms with Crippen LogP contribution in [0.1, 0.15) is 58.8 Å². The van der Waals surface area contributed by atoms with E-state index in [0.29, 0.717) is 24.5 Å². The average Bonchev–Trinajstić information content (AvgIpc) is 2.77. The molecule has 3 heteroatoms. The highest BCUT2D eigenvalue weighted by molar-refractivity contribution is 5.96. The third-order valence-electron chi connectivity index (χ3n) is 7.63. The number of ketones is 2. The second kappa shape index (κ2) is 4.53. The van der Waals surface area contributed by atoms with Gasteiger partial charge in [-0.3, -0.25) is 9.59 Å². The molecule has 3 saturated carbocycles. The molecule has 0 aliphatic heterocycles. The number of hydrogen-bond acceptors (Lipinski definition) is 3. The van der Waals surface area contributed by atoms with Gasteiger partial charge in [-0.15, -0.1) is 0 Å². The average molecular weight is 302 g/mol. The fourth-order valence-corrected chi connectivity index (χ4v) is 6.16. The third-order valence-corrected chi connectivity index (χ3v) is 7.63. The van der Waals surface area contributed by atoms with Crippen molar-refractivity contribution in [2.75, 3.05) is 0 Å². The van der Waals surface area contributed by atoms with Crippen LogP contribution in [0.3, 0.4) is 0 Å². The summed E-state index contributed by atoms with van der Waals surface area (Å²) in [6.07, 6.45) is 7.51. The van der Waals surface area contributed by atoms with E-state index in [1.165, 1.54) is 5.57 Å². The van der Waals surface area contributed by atoms with Gasteiger partial charge in [0.2, 0.25) is 0 Å². The summed E-state index contributed by atoms with van der Waals surface area (Å²) < 4.78 is 0. The van der Waals surface area contributed by atoms with Gasteiger partial charge in [0.05, 0.1) is 6.10 Å². The molecule has 6 atom stereocenters. The van der Waals surface area contributed by atoms with Crippen molar-refractivity contribution in [1.82, 2.24) is 0 Å². The van der Waals surface area contributed by atoms with Crippen molar-refractivity contribution in [3.05, 3.63) is 11.6 Å². The summed E-state index contributed by atoms with van der Waals surface area (Å²) in [5.74, 6) is 1.26. The minimum Gasteiger partial charge on any atom is -0.393 e. The molecule has 0 spiro atoms. The molecule has 0 aromatic heterocycles. The van der Waals surface area contributed by atoms with E-state index in [-0.39, 0.29) is 34.6 Å². The molecule has 0 saturated heterocycles. The van der Waals surface area contributed by atoms with Crippen LogP contribution in [-0.2, 0) is 9.59 Å². The van der Waals surface area contributed by atoms with Gasteiger partial charge in [-0.05, 0) is 61.9 Å². The zero-order valence-electron chi connectivity index (χ0n) is 13.6. The summed E-state index contributed by atoms with van der Waals surface area (Å²) in [6.45, 7) is 4.40. The number of Topliss-reactive ketones (excluding diaryl/α,β-unsaturated/α-hetero) is 1. The summed E-state index contributed by atoms with van der Waals surface area (Å²) in [5.41, 5.74) is 0.975. The van der Waals surface area contributed by atoms with Crippen LogP contribution in [0.5, 0.6) is 0 Å². The Balaban J connectivity index is 1.76. The van der Waals surface area contributed by atoms with Crippen molar-refractivity contribution in [2.24, 2.45) is 28.6 Å². The van der Waals surface area contributed by atoms with Crippen LogP contribution in [0, 0.1) is 28.6 Å². The molecule has 0 aromatic carbocycles. The van der Waals surface area contributed by atoms with Gasteiger partial charge in [0, 0.05) is 17.8 Å². The van der Waals surface area contributed by atoms with Crippen molar-refractivity contribution in [1.29, 1.82) is 0 Å². The first-order valence-electron chi connectivity index (χ1n) is 8.82. The SMILES string of the molecule is CC12CCC3C(C(=O)C=C4CC(O)CCC43C)C1CCC2=O. The van der Waals surface area contributed by atoms with Crippen LogP contribution in [0.25, 0.3) is 0 Å². The second-order valence-corrected chi connectivity index (χ2v) is 8.54. The smallest absolute Gasteiger partial charge is 0.159 e. The van der Waals surface area contributed by atoms with Gasteiger partial charge in [-0.1, -0.05) is 19.4 Å². The number of carbonyl (C=O) groups is 2. The van der Waals surface area contributed by atoms with Gasteiger partial charge in [0.25, 0.3) is 0 Å². The largest absolute Gasteiger partial charge is 0.393 e. The Labute approximate surface area is 132 Å². The molecule has 3 nitrogen and oxygen atoms in total. The van der Waals surface area contributed by atoms with Gasteiger partial charge >= 0.3 is 0 Å². The summed E-state index contributed by atoms with van der Waals surface area (Å²) in [4.78, 5) is 25.2. The Morgan fingerprint density at radius 2 is 1.73 bits per heavy atom. The Kier molecular flexibility index (Phi) is 3.01. The number of rotatable bonds is 0. The molecule has 4 rings (SSSR count). The summed E-state index contributed by atoms with van der Waals surface area (Å²) in [6, 6.07) is 0. The summed E-state index contributed by atoms with van der Waals surface area (Å²) >= 11 is 0. The van der Waals surface area contributed by atoms with Gasteiger partial charge in [-0.25, -0.2) is 0 Å². The lowest BCUT2D eigenvalue weighted by atomic mass is 9.48. The molecular formula is C19H26O3. The van der Waals surface area contributed by atoms with E-state index in [0.717, 1.165) is 32.1 Å². The quantitative estimate of drug-likeness (QED) is 0.748. The van der Waals surface area contributed by atoms with Crippen molar-refractivity contribution >= 4 is 11.6 Å². The maximum Gasteiger partial charge on any atom is 0.159 e. The van der Waals surface area contributed by atoms with Crippen molar-refractivity contribution in [3.63, 3.8) is 0 Å². The maximum absolute atomic E-state index is 12.9. The standard InChI is InChI=1S/C19H26O3/c1-18-7-5-12(20)9-11(18)10-15(21)17-13-3-4-16(22)19(13,2)8-6-14(17)18/h10,12-14,17,20H,3-9H2,1-2H3. The molecule has 22 heavy (non-hydrogen) atoms. The van der Waals surface area contributed by atoms with Gasteiger partial charge in [0.15, 0.2) is 5.78 Å². The fraction of sp³-hybridized carbons (Fsp3) is 0.789. The molecule has 0 aromatic rings. The molecule has 6 unspecified atom stereocenters. The number of allylic oxidation sites excluding steroid dienone is 1. The summed E-state index contributed by atoms with van der Waals surface area (Å²) in [7, 11) is 0. The molecule has 4 aliphatic rings. The van der Waals surface area contributed by atoms with E-state index in [4.69, 9.17) is 0 Å². The Morgan fingerprint density at radius 1 is 1.05 bits per heavy atom. The molecular weight excluding hydrogens is 276 g/mol. The van der Waals surface area contributed by atoms with Crippen LogP contribution >= 0.6 is 0 Å². The van der Waals surface area contributed by atoms with Crippen LogP contribution in [0.4, 0.5) is 0 Å². The third kappa shape index (κ3) is 1.72. The lowest BCUT2D eigenvalue weighted by molar-refractivity contribution is -0.139.